The van der Waals surface area contributed by atoms with Crippen LogP contribution in [0.5, 0.6) is 0 Å². The molecule has 0 aliphatic heterocycles. The third-order valence-corrected chi connectivity index (χ3v) is 3.38. The fraction of sp³-hybridized carbons (Fsp3) is 0.917. The van der Waals surface area contributed by atoms with Gasteiger partial charge in [-0.1, -0.05) is 20.8 Å². The maximum atomic E-state index is 11.8. The summed E-state index contributed by atoms with van der Waals surface area (Å²) >= 11 is 0. The van der Waals surface area contributed by atoms with Gasteiger partial charge >= 0.3 is 0 Å². The van der Waals surface area contributed by atoms with Gasteiger partial charge in [0.05, 0.1) is 11.1 Å². The lowest BCUT2D eigenvalue weighted by Gasteiger charge is -2.39. The summed E-state index contributed by atoms with van der Waals surface area (Å²) in [5.41, 5.74) is -1.55. The first-order chi connectivity index (χ1) is 6.49. The van der Waals surface area contributed by atoms with Crippen LogP contribution in [0.3, 0.4) is 0 Å². The van der Waals surface area contributed by atoms with E-state index in [1.54, 1.807) is 13.8 Å². The highest BCUT2D eigenvalue weighted by molar-refractivity contribution is 5.79. The fourth-order valence-corrected chi connectivity index (χ4v) is 0.878. The summed E-state index contributed by atoms with van der Waals surface area (Å²) in [6.07, 6.45) is 0. The zero-order valence-corrected chi connectivity index (χ0v) is 11.0. The van der Waals surface area contributed by atoms with Crippen molar-refractivity contribution in [1.29, 1.82) is 0 Å². The van der Waals surface area contributed by atoms with Gasteiger partial charge in [-0.15, -0.1) is 0 Å². The molecule has 0 aromatic rings. The Balaban J connectivity index is 4.55. The molecule has 90 valence electrons. The van der Waals surface area contributed by atoms with Crippen LogP contribution in [0.4, 0.5) is 0 Å². The van der Waals surface area contributed by atoms with Crippen LogP contribution in [-0.4, -0.2) is 22.2 Å². The van der Waals surface area contributed by atoms with Gasteiger partial charge in [0.15, 0.2) is 0 Å². The summed E-state index contributed by atoms with van der Waals surface area (Å²) < 4.78 is 0. The fourth-order valence-electron chi connectivity index (χ4n) is 0.878. The SMILES string of the molecule is CC(C)C(C)C(=O)NC(C)(C)C(C)(C)O. The van der Waals surface area contributed by atoms with Gasteiger partial charge in [-0.25, -0.2) is 0 Å². The van der Waals surface area contributed by atoms with Gasteiger partial charge in [-0.05, 0) is 33.6 Å². The lowest BCUT2D eigenvalue weighted by atomic mass is 9.85. The summed E-state index contributed by atoms with van der Waals surface area (Å²) in [6.45, 7) is 13.0. The van der Waals surface area contributed by atoms with Crippen molar-refractivity contribution in [3.63, 3.8) is 0 Å². The normalized spacial score (nSPS) is 15.3. The van der Waals surface area contributed by atoms with E-state index < -0.39 is 11.1 Å². The predicted molar refractivity (Wildman–Crippen MR) is 62.5 cm³/mol. The molecule has 1 atom stereocenters. The van der Waals surface area contributed by atoms with Gasteiger partial charge in [0.2, 0.25) is 5.91 Å². The van der Waals surface area contributed by atoms with Gasteiger partial charge in [-0.2, -0.15) is 0 Å². The van der Waals surface area contributed by atoms with Crippen LogP contribution in [0, 0.1) is 11.8 Å². The van der Waals surface area contributed by atoms with E-state index in [0.717, 1.165) is 0 Å². The van der Waals surface area contributed by atoms with Crippen LogP contribution >= 0.6 is 0 Å². The highest BCUT2D eigenvalue weighted by Crippen LogP contribution is 2.22. The van der Waals surface area contributed by atoms with E-state index in [2.05, 4.69) is 5.32 Å². The number of nitrogens with one attached hydrogen (secondary N) is 1. The average molecular weight is 215 g/mol. The molecule has 0 aromatic heterocycles. The van der Waals surface area contributed by atoms with Crippen molar-refractivity contribution >= 4 is 5.91 Å². The predicted octanol–water partition coefficient (Wildman–Crippen LogP) is 1.94. The van der Waals surface area contributed by atoms with Gasteiger partial charge in [0.1, 0.15) is 0 Å². The number of hydrogen-bond acceptors (Lipinski definition) is 2. The Morgan fingerprint density at radius 2 is 1.53 bits per heavy atom. The van der Waals surface area contributed by atoms with Gasteiger partial charge in [-0.3, -0.25) is 4.79 Å². The zero-order valence-electron chi connectivity index (χ0n) is 11.0. The second-order valence-electron chi connectivity index (χ2n) is 5.71. The Kier molecular flexibility index (Phi) is 4.35. The third-order valence-electron chi connectivity index (χ3n) is 3.38. The number of amides is 1. The molecule has 15 heavy (non-hydrogen) atoms. The van der Waals surface area contributed by atoms with Crippen LogP contribution in [0.25, 0.3) is 0 Å². The summed E-state index contributed by atoms with van der Waals surface area (Å²) in [6, 6.07) is 0. The lowest BCUT2D eigenvalue weighted by Crippen LogP contribution is -2.58. The minimum absolute atomic E-state index is 0.00266. The van der Waals surface area contributed by atoms with Crippen molar-refractivity contribution in [3.05, 3.63) is 0 Å². The number of hydrogen-bond donors (Lipinski definition) is 2. The second-order valence-corrected chi connectivity index (χ2v) is 5.71. The van der Waals surface area contributed by atoms with Crippen molar-refractivity contribution < 1.29 is 9.90 Å². The van der Waals surface area contributed by atoms with Crippen LogP contribution in [0.1, 0.15) is 48.5 Å². The number of rotatable bonds is 4. The topological polar surface area (TPSA) is 49.3 Å². The standard InChI is InChI=1S/C12H25NO2/c1-8(2)9(3)10(14)13-11(4,5)12(6,7)15/h8-9,15H,1-7H3,(H,13,14). The Morgan fingerprint density at radius 1 is 1.13 bits per heavy atom. The Labute approximate surface area is 93.3 Å². The molecular weight excluding hydrogens is 190 g/mol. The smallest absolute Gasteiger partial charge is 0.223 e. The summed E-state index contributed by atoms with van der Waals surface area (Å²) in [5, 5.41) is 12.8. The van der Waals surface area contributed by atoms with Crippen molar-refractivity contribution in [2.24, 2.45) is 11.8 Å². The van der Waals surface area contributed by atoms with Crippen molar-refractivity contribution in [1.82, 2.24) is 5.32 Å². The maximum absolute atomic E-state index is 11.8. The molecule has 0 spiro atoms. The molecule has 3 nitrogen and oxygen atoms in total. The molecule has 2 N–H and O–H groups in total. The number of carbonyl (C=O) groups excluding carboxylic acids is 1. The molecule has 0 aliphatic rings. The van der Waals surface area contributed by atoms with E-state index in [1.165, 1.54) is 0 Å². The first-order valence-corrected chi connectivity index (χ1v) is 5.53. The minimum Gasteiger partial charge on any atom is -0.388 e. The highest BCUT2D eigenvalue weighted by atomic mass is 16.3. The van der Waals surface area contributed by atoms with Gasteiger partial charge in [0.25, 0.3) is 0 Å². The molecule has 0 bridgehead atoms. The molecule has 0 saturated heterocycles. The summed E-state index contributed by atoms with van der Waals surface area (Å²) in [7, 11) is 0. The monoisotopic (exact) mass is 215 g/mol. The molecule has 0 radical (unpaired) electrons. The Morgan fingerprint density at radius 3 is 1.80 bits per heavy atom. The molecule has 3 heteroatoms. The molecule has 1 unspecified atom stereocenters. The van der Waals surface area contributed by atoms with Crippen LogP contribution in [0.2, 0.25) is 0 Å². The maximum Gasteiger partial charge on any atom is 0.223 e. The third kappa shape index (κ3) is 3.82. The highest BCUT2D eigenvalue weighted by Gasteiger charge is 2.37. The van der Waals surface area contributed by atoms with E-state index in [1.807, 2.05) is 34.6 Å². The molecule has 0 rings (SSSR count). The first kappa shape index (κ1) is 14.4. The van der Waals surface area contributed by atoms with Crippen molar-refractivity contribution in [3.8, 4) is 0 Å². The molecule has 0 aliphatic carbocycles. The molecule has 0 fully saturated rings. The largest absolute Gasteiger partial charge is 0.388 e. The van der Waals surface area contributed by atoms with Crippen molar-refractivity contribution in [2.45, 2.75) is 59.6 Å². The molecule has 0 heterocycles. The Bertz CT molecular complexity index is 226. The van der Waals surface area contributed by atoms with E-state index in [0.29, 0.717) is 5.92 Å². The average Bonchev–Trinajstić information content (AvgIpc) is 1.99. The Hall–Kier alpha value is -0.570. The zero-order chi connectivity index (χ0) is 12.4. The van der Waals surface area contributed by atoms with E-state index in [-0.39, 0.29) is 11.8 Å². The van der Waals surface area contributed by atoms with E-state index in [9.17, 15) is 9.90 Å². The van der Waals surface area contributed by atoms with E-state index in [4.69, 9.17) is 0 Å². The number of carbonyl (C=O) groups is 1. The van der Waals surface area contributed by atoms with Crippen LogP contribution < -0.4 is 5.32 Å². The van der Waals surface area contributed by atoms with E-state index >= 15 is 0 Å². The minimum atomic E-state index is -0.931. The molecule has 1 amide bonds. The number of aliphatic hydroxyl groups is 1. The first-order valence-electron chi connectivity index (χ1n) is 5.53. The summed E-state index contributed by atoms with van der Waals surface area (Å²) in [4.78, 5) is 11.8. The molecule has 0 saturated carbocycles. The van der Waals surface area contributed by atoms with Crippen molar-refractivity contribution in [2.75, 3.05) is 0 Å². The lowest BCUT2D eigenvalue weighted by molar-refractivity contribution is -0.130. The second kappa shape index (κ2) is 4.52. The quantitative estimate of drug-likeness (QED) is 0.753. The van der Waals surface area contributed by atoms with Gasteiger partial charge in [0, 0.05) is 5.92 Å². The molecule has 0 aromatic carbocycles. The summed E-state index contributed by atoms with van der Waals surface area (Å²) in [5.74, 6) is 0.270. The molecular formula is C12H25NO2. The van der Waals surface area contributed by atoms with Gasteiger partial charge < -0.3 is 10.4 Å². The van der Waals surface area contributed by atoms with Crippen LogP contribution in [-0.2, 0) is 4.79 Å². The van der Waals surface area contributed by atoms with Crippen LogP contribution in [0.15, 0.2) is 0 Å².